The molecule has 24 heavy (non-hydrogen) atoms. The van der Waals surface area contributed by atoms with Crippen LogP contribution in [0.4, 0.5) is 11.4 Å². The molecule has 2 N–H and O–H groups in total. The van der Waals surface area contributed by atoms with Gasteiger partial charge in [0, 0.05) is 31.0 Å². The standard InChI is InChI=1S/C20H25N3S/c1-15-12-16(2)14-18(13-15)22-20(24)21-9-5-10-23-11-8-17-6-3-4-7-19(17)23/h3-4,6-7,12-14H,5,8-11H2,1-2H3,(H2,21,22,24). The van der Waals surface area contributed by atoms with Gasteiger partial charge in [-0.05, 0) is 73.8 Å². The van der Waals surface area contributed by atoms with E-state index in [1.165, 1.54) is 22.4 Å². The van der Waals surface area contributed by atoms with E-state index in [2.05, 4.69) is 71.8 Å². The zero-order valence-corrected chi connectivity index (χ0v) is 15.2. The predicted molar refractivity (Wildman–Crippen MR) is 107 cm³/mol. The lowest BCUT2D eigenvalue weighted by Gasteiger charge is -2.19. The molecule has 2 aromatic carbocycles. The van der Waals surface area contributed by atoms with Crippen molar-refractivity contribution in [2.24, 2.45) is 0 Å². The van der Waals surface area contributed by atoms with Gasteiger partial charge in [0.2, 0.25) is 0 Å². The quantitative estimate of drug-likeness (QED) is 0.635. The Morgan fingerprint density at radius 2 is 1.88 bits per heavy atom. The number of anilines is 2. The largest absolute Gasteiger partial charge is 0.371 e. The summed E-state index contributed by atoms with van der Waals surface area (Å²) in [5.74, 6) is 0. The summed E-state index contributed by atoms with van der Waals surface area (Å²) in [6.45, 7) is 7.28. The molecular weight excluding hydrogens is 314 g/mol. The van der Waals surface area contributed by atoms with Gasteiger partial charge in [0.1, 0.15) is 0 Å². The second-order valence-corrected chi connectivity index (χ2v) is 6.88. The first-order valence-corrected chi connectivity index (χ1v) is 8.98. The van der Waals surface area contributed by atoms with Gasteiger partial charge >= 0.3 is 0 Å². The maximum absolute atomic E-state index is 5.40. The number of thiocarbonyl (C=S) groups is 1. The number of benzene rings is 2. The zero-order valence-electron chi connectivity index (χ0n) is 14.4. The van der Waals surface area contributed by atoms with Crippen LogP contribution in [0.5, 0.6) is 0 Å². The molecule has 3 nitrogen and oxygen atoms in total. The van der Waals surface area contributed by atoms with Crippen LogP contribution >= 0.6 is 12.2 Å². The third-order valence-electron chi connectivity index (χ3n) is 4.35. The van der Waals surface area contributed by atoms with Crippen molar-refractivity contribution in [3.63, 3.8) is 0 Å². The molecular formula is C20H25N3S. The predicted octanol–water partition coefficient (Wildman–Crippen LogP) is 4.04. The molecule has 126 valence electrons. The Balaban J connectivity index is 1.41. The highest BCUT2D eigenvalue weighted by molar-refractivity contribution is 7.80. The fraction of sp³-hybridized carbons (Fsp3) is 0.350. The van der Waals surface area contributed by atoms with Crippen molar-refractivity contribution < 1.29 is 0 Å². The molecule has 0 amide bonds. The Morgan fingerprint density at radius 1 is 1.12 bits per heavy atom. The van der Waals surface area contributed by atoms with Gasteiger partial charge in [-0.15, -0.1) is 0 Å². The summed E-state index contributed by atoms with van der Waals surface area (Å²) in [6.07, 6.45) is 2.24. The fourth-order valence-electron chi connectivity index (χ4n) is 3.33. The van der Waals surface area contributed by atoms with Crippen LogP contribution in [-0.2, 0) is 6.42 Å². The Morgan fingerprint density at radius 3 is 2.67 bits per heavy atom. The van der Waals surface area contributed by atoms with Crippen molar-refractivity contribution in [3.05, 3.63) is 59.2 Å². The van der Waals surface area contributed by atoms with Crippen LogP contribution in [0, 0.1) is 13.8 Å². The minimum Gasteiger partial charge on any atom is -0.371 e. The molecule has 0 atom stereocenters. The molecule has 0 saturated carbocycles. The molecule has 1 heterocycles. The van der Waals surface area contributed by atoms with Gasteiger partial charge in [-0.25, -0.2) is 0 Å². The van der Waals surface area contributed by atoms with E-state index in [0.29, 0.717) is 5.11 Å². The zero-order chi connectivity index (χ0) is 16.9. The van der Waals surface area contributed by atoms with E-state index in [-0.39, 0.29) is 0 Å². The molecule has 0 aromatic heterocycles. The minimum absolute atomic E-state index is 0.696. The van der Waals surface area contributed by atoms with Crippen LogP contribution in [0.2, 0.25) is 0 Å². The summed E-state index contributed by atoms with van der Waals surface area (Å²) in [5, 5.41) is 7.28. The van der Waals surface area contributed by atoms with Crippen LogP contribution < -0.4 is 15.5 Å². The summed E-state index contributed by atoms with van der Waals surface area (Å²) in [7, 11) is 0. The third-order valence-corrected chi connectivity index (χ3v) is 4.60. The SMILES string of the molecule is Cc1cc(C)cc(NC(=S)NCCCN2CCc3ccccc32)c1. The van der Waals surface area contributed by atoms with Crippen molar-refractivity contribution in [1.82, 2.24) is 5.32 Å². The average Bonchev–Trinajstić information content (AvgIpc) is 2.94. The number of para-hydroxylation sites is 1. The molecule has 0 bridgehead atoms. The number of fused-ring (bicyclic) bond motifs is 1. The number of nitrogens with one attached hydrogen (secondary N) is 2. The van der Waals surface area contributed by atoms with Crippen molar-refractivity contribution in [2.45, 2.75) is 26.7 Å². The first kappa shape index (κ1) is 16.8. The van der Waals surface area contributed by atoms with Crippen LogP contribution in [0.25, 0.3) is 0 Å². The molecule has 0 fully saturated rings. The number of rotatable bonds is 5. The lowest BCUT2D eigenvalue weighted by atomic mass is 10.1. The Bertz CT molecular complexity index is 706. The second kappa shape index (κ2) is 7.67. The smallest absolute Gasteiger partial charge is 0.170 e. The Kier molecular flexibility index (Phi) is 5.36. The van der Waals surface area contributed by atoms with E-state index in [4.69, 9.17) is 12.2 Å². The summed E-state index contributed by atoms with van der Waals surface area (Å²) in [6, 6.07) is 15.1. The molecule has 0 aliphatic carbocycles. The van der Waals surface area contributed by atoms with Crippen LogP contribution in [0.15, 0.2) is 42.5 Å². The second-order valence-electron chi connectivity index (χ2n) is 6.48. The summed E-state index contributed by atoms with van der Waals surface area (Å²) < 4.78 is 0. The van der Waals surface area contributed by atoms with E-state index in [0.717, 1.165) is 38.2 Å². The van der Waals surface area contributed by atoms with Gasteiger partial charge in [-0.1, -0.05) is 24.3 Å². The highest BCUT2D eigenvalue weighted by Gasteiger charge is 2.17. The number of nitrogens with zero attached hydrogens (tertiary/aromatic N) is 1. The maximum atomic E-state index is 5.40. The van der Waals surface area contributed by atoms with Crippen molar-refractivity contribution in [3.8, 4) is 0 Å². The first-order valence-electron chi connectivity index (χ1n) is 8.58. The topological polar surface area (TPSA) is 27.3 Å². The van der Waals surface area contributed by atoms with Crippen LogP contribution in [0.1, 0.15) is 23.1 Å². The van der Waals surface area contributed by atoms with E-state index in [1.807, 2.05) is 0 Å². The van der Waals surface area contributed by atoms with Crippen molar-refractivity contribution >= 4 is 28.7 Å². The Hall–Kier alpha value is -2.07. The molecule has 2 aromatic rings. The lowest BCUT2D eigenvalue weighted by molar-refractivity contribution is 0.730. The highest BCUT2D eigenvalue weighted by Crippen LogP contribution is 2.27. The summed E-state index contributed by atoms with van der Waals surface area (Å²) in [4.78, 5) is 2.47. The highest BCUT2D eigenvalue weighted by atomic mass is 32.1. The van der Waals surface area contributed by atoms with Gasteiger partial charge in [0.15, 0.2) is 5.11 Å². The molecule has 3 rings (SSSR count). The van der Waals surface area contributed by atoms with Gasteiger partial charge in [0.05, 0.1) is 0 Å². The molecule has 1 aliphatic rings. The summed E-state index contributed by atoms with van der Waals surface area (Å²) >= 11 is 5.40. The molecule has 0 unspecified atom stereocenters. The third kappa shape index (κ3) is 4.26. The number of hydrogen-bond donors (Lipinski definition) is 2. The molecule has 0 radical (unpaired) electrons. The monoisotopic (exact) mass is 339 g/mol. The van der Waals surface area contributed by atoms with E-state index < -0.39 is 0 Å². The van der Waals surface area contributed by atoms with Crippen molar-refractivity contribution in [1.29, 1.82) is 0 Å². The van der Waals surface area contributed by atoms with Gasteiger partial charge in [-0.2, -0.15) is 0 Å². The molecule has 0 spiro atoms. The number of hydrogen-bond acceptors (Lipinski definition) is 2. The molecule has 4 heteroatoms. The van der Waals surface area contributed by atoms with Crippen LogP contribution in [-0.4, -0.2) is 24.7 Å². The van der Waals surface area contributed by atoms with E-state index >= 15 is 0 Å². The maximum Gasteiger partial charge on any atom is 0.170 e. The van der Waals surface area contributed by atoms with Gasteiger partial charge in [-0.3, -0.25) is 0 Å². The molecule has 0 saturated heterocycles. The molecule has 1 aliphatic heterocycles. The van der Waals surface area contributed by atoms with Crippen molar-refractivity contribution in [2.75, 3.05) is 29.9 Å². The summed E-state index contributed by atoms with van der Waals surface area (Å²) in [5.41, 5.74) is 6.41. The lowest BCUT2D eigenvalue weighted by Crippen LogP contribution is -2.32. The van der Waals surface area contributed by atoms with Gasteiger partial charge < -0.3 is 15.5 Å². The normalized spacial score (nSPS) is 12.8. The van der Waals surface area contributed by atoms with E-state index in [9.17, 15) is 0 Å². The first-order chi connectivity index (χ1) is 11.6. The Labute approximate surface area is 150 Å². The fourth-order valence-corrected chi connectivity index (χ4v) is 3.55. The average molecular weight is 340 g/mol. The number of aryl methyl sites for hydroxylation is 2. The van der Waals surface area contributed by atoms with Gasteiger partial charge in [0.25, 0.3) is 0 Å². The van der Waals surface area contributed by atoms with E-state index in [1.54, 1.807) is 0 Å². The van der Waals surface area contributed by atoms with Crippen LogP contribution in [0.3, 0.4) is 0 Å². The minimum atomic E-state index is 0.696.